The van der Waals surface area contributed by atoms with Crippen LogP contribution in [-0.2, 0) is 4.79 Å². The molecule has 94 valence electrons. The van der Waals surface area contributed by atoms with Gasteiger partial charge in [0, 0.05) is 25.0 Å². The third-order valence-corrected chi connectivity index (χ3v) is 3.38. The fourth-order valence-corrected chi connectivity index (χ4v) is 2.46. The summed E-state index contributed by atoms with van der Waals surface area (Å²) in [5.41, 5.74) is 5.69. The van der Waals surface area contributed by atoms with E-state index < -0.39 is 0 Å². The molecule has 3 heteroatoms. The molecule has 0 aromatic carbocycles. The lowest BCUT2D eigenvalue weighted by atomic mass is 9.97. The minimum atomic E-state index is 0.137. The quantitative estimate of drug-likeness (QED) is 0.782. The van der Waals surface area contributed by atoms with Crippen LogP contribution in [-0.4, -0.2) is 29.4 Å². The molecule has 2 atom stereocenters. The fourth-order valence-electron chi connectivity index (χ4n) is 2.46. The second-order valence-electron chi connectivity index (χ2n) is 5.04. The highest BCUT2D eigenvalue weighted by Crippen LogP contribution is 2.21. The van der Waals surface area contributed by atoms with Crippen molar-refractivity contribution in [2.45, 2.75) is 70.9 Å². The molecule has 0 aromatic rings. The second kappa shape index (κ2) is 6.89. The number of carbonyl (C=O) groups excluding carboxylic acids is 1. The number of hydrogen-bond donors (Lipinski definition) is 1. The van der Waals surface area contributed by atoms with Gasteiger partial charge in [0.15, 0.2) is 0 Å². The Morgan fingerprint density at radius 1 is 1.50 bits per heavy atom. The SMILES string of the molecule is CCCC1CCCCN1C(=O)CCC(C)N. The fraction of sp³-hybridized carbons (Fsp3) is 0.923. The van der Waals surface area contributed by atoms with Crippen molar-refractivity contribution in [1.82, 2.24) is 4.90 Å². The van der Waals surface area contributed by atoms with Gasteiger partial charge in [-0.05, 0) is 39.0 Å². The molecule has 0 spiro atoms. The largest absolute Gasteiger partial charge is 0.340 e. The Morgan fingerprint density at radius 3 is 2.88 bits per heavy atom. The van der Waals surface area contributed by atoms with Crippen molar-refractivity contribution in [3.63, 3.8) is 0 Å². The molecule has 16 heavy (non-hydrogen) atoms. The topological polar surface area (TPSA) is 46.3 Å². The van der Waals surface area contributed by atoms with Crippen molar-refractivity contribution < 1.29 is 4.79 Å². The molecule has 0 saturated carbocycles. The Kier molecular flexibility index (Phi) is 5.81. The molecule has 1 heterocycles. The Labute approximate surface area is 99.4 Å². The molecule has 1 saturated heterocycles. The highest BCUT2D eigenvalue weighted by atomic mass is 16.2. The third kappa shape index (κ3) is 4.12. The van der Waals surface area contributed by atoms with Crippen molar-refractivity contribution in [3.8, 4) is 0 Å². The molecule has 1 aliphatic heterocycles. The number of hydrogen-bond acceptors (Lipinski definition) is 2. The van der Waals surface area contributed by atoms with E-state index in [2.05, 4.69) is 11.8 Å². The van der Waals surface area contributed by atoms with Gasteiger partial charge in [0.05, 0.1) is 0 Å². The van der Waals surface area contributed by atoms with Crippen molar-refractivity contribution >= 4 is 5.91 Å². The number of amides is 1. The van der Waals surface area contributed by atoms with Gasteiger partial charge in [0.25, 0.3) is 0 Å². The molecule has 1 fully saturated rings. The molecule has 2 N–H and O–H groups in total. The van der Waals surface area contributed by atoms with Gasteiger partial charge in [-0.3, -0.25) is 4.79 Å². The Hall–Kier alpha value is -0.570. The summed E-state index contributed by atoms with van der Waals surface area (Å²) < 4.78 is 0. The van der Waals surface area contributed by atoms with Gasteiger partial charge in [-0.25, -0.2) is 0 Å². The standard InChI is InChI=1S/C13H26N2O/c1-3-6-12-7-4-5-10-15(12)13(16)9-8-11(2)14/h11-12H,3-10,14H2,1-2H3. The minimum Gasteiger partial charge on any atom is -0.340 e. The van der Waals surface area contributed by atoms with Crippen LogP contribution < -0.4 is 5.73 Å². The van der Waals surface area contributed by atoms with Crippen LogP contribution in [0.4, 0.5) is 0 Å². The van der Waals surface area contributed by atoms with Gasteiger partial charge in [-0.15, -0.1) is 0 Å². The summed E-state index contributed by atoms with van der Waals surface area (Å²) in [5.74, 6) is 0.315. The number of carbonyl (C=O) groups is 1. The first-order chi connectivity index (χ1) is 7.65. The zero-order chi connectivity index (χ0) is 12.0. The molecule has 0 aromatic heterocycles. The Bertz CT molecular complexity index is 214. The van der Waals surface area contributed by atoms with Crippen molar-refractivity contribution in [3.05, 3.63) is 0 Å². The van der Waals surface area contributed by atoms with Gasteiger partial charge in [0.2, 0.25) is 5.91 Å². The van der Waals surface area contributed by atoms with Gasteiger partial charge >= 0.3 is 0 Å². The van der Waals surface area contributed by atoms with Gasteiger partial charge < -0.3 is 10.6 Å². The zero-order valence-corrected chi connectivity index (χ0v) is 10.7. The molecule has 1 aliphatic rings. The van der Waals surface area contributed by atoms with Crippen molar-refractivity contribution in [2.75, 3.05) is 6.54 Å². The summed E-state index contributed by atoms with van der Waals surface area (Å²) in [5, 5.41) is 0. The maximum atomic E-state index is 12.1. The van der Waals surface area contributed by atoms with Crippen LogP contribution >= 0.6 is 0 Å². The number of piperidine rings is 1. The third-order valence-electron chi connectivity index (χ3n) is 3.38. The zero-order valence-electron chi connectivity index (χ0n) is 10.7. The Morgan fingerprint density at radius 2 is 2.25 bits per heavy atom. The van der Waals surface area contributed by atoms with Crippen LogP contribution in [0.3, 0.4) is 0 Å². The maximum absolute atomic E-state index is 12.1. The normalized spacial score (nSPS) is 23.2. The van der Waals surface area contributed by atoms with Crippen molar-refractivity contribution in [2.24, 2.45) is 5.73 Å². The average Bonchev–Trinajstić information content (AvgIpc) is 2.27. The van der Waals surface area contributed by atoms with Gasteiger partial charge in [-0.2, -0.15) is 0 Å². The second-order valence-corrected chi connectivity index (χ2v) is 5.04. The molecular formula is C13H26N2O. The lowest BCUT2D eigenvalue weighted by Crippen LogP contribution is -2.43. The first-order valence-electron chi connectivity index (χ1n) is 6.70. The van der Waals surface area contributed by atoms with E-state index in [-0.39, 0.29) is 6.04 Å². The average molecular weight is 226 g/mol. The molecular weight excluding hydrogens is 200 g/mol. The van der Waals surface area contributed by atoms with Crippen LogP contribution in [0.15, 0.2) is 0 Å². The lowest BCUT2D eigenvalue weighted by molar-refractivity contribution is -0.135. The maximum Gasteiger partial charge on any atom is 0.222 e. The number of nitrogens with zero attached hydrogens (tertiary/aromatic N) is 1. The predicted molar refractivity (Wildman–Crippen MR) is 67.1 cm³/mol. The van der Waals surface area contributed by atoms with Crippen LogP contribution in [0.25, 0.3) is 0 Å². The summed E-state index contributed by atoms with van der Waals surface area (Å²) in [4.78, 5) is 14.2. The number of nitrogens with two attached hydrogens (primary N) is 1. The summed E-state index contributed by atoms with van der Waals surface area (Å²) in [7, 11) is 0. The highest BCUT2D eigenvalue weighted by molar-refractivity contribution is 5.76. The van der Waals surface area contributed by atoms with E-state index in [1.54, 1.807) is 0 Å². The first kappa shape index (κ1) is 13.5. The number of rotatable bonds is 5. The van der Waals surface area contributed by atoms with Crippen LogP contribution in [0.2, 0.25) is 0 Å². The van der Waals surface area contributed by atoms with E-state index in [1.807, 2.05) is 6.92 Å². The molecule has 0 radical (unpaired) electrons. The molecule has 1 rings (SSSR count). The van der Waals surface area contributed by atoms with E-state index in [1.165, 1.54) is 25.7 Å². The van der Waals surface area contributed by atoms with Crippen molar-refractivity contribution in [1.29, 1.82) is 0 Å². The molecule has 1 amide bonds. The van der Waals surface area contributed by atoms with Gasteiger partial charge in [0.1, 0.15) is 0 Å². The molecule has 3 nitrogen and oxygen atoms in total. The van der Waals surface area contributed by atoms with Crippen LogP contribution in [0, 0.1) is 0 Å². The molecule has 2 unspecified atom stereocenters. The van der Waals surface area contributed by atoms with E-state index >= 15 is 0 Å². The predicted octanol–water partition coefficient (Wildman–Crippen LogP) is 2.29. The minimum absolute atomic E-state index is 0.137. The van der Waals surface area contributed by atoms with E-state index in [0.29, 0.717) is 18.4 Å². The van der Waals surface area contributed by atoms with E-state index in [4.69, 9.17) is 5.73 Å². The van der Waals surface area contributed by atoms with E-state index in [9.17, 15) is 4.79 Å². The molecule has 0 aliphatic carbocycles. The summed E-state index contributed by atoms with van der Waals surface area (Å²) in [6.45, 7) is 5.12. The Balaban J connectivity index is 2.43. The van der Waals surface area contributed by atoms with Gasteiger partial charge in [-0.1, -0.05) is 13.3 Å². The first-order valence-corrected chi connectivity index (χ1v) is 6.70. The number of likely N-dealkylation sites (tertiary alicyclic amines) is 1. The van der Waals surface area contributed by atoms with Crippen LogP contribution in [0.1, 0.15) is 58.8 Å². The van der Waals surface area contributed by atoms with E-state index in [0.717, 1.165) is 19.4 Å². The summed E-state index contributed by atoms with van der Waals surface area (Å²) >= 11 is 0. The summed E-state index contributed by atoms with van der Waals surface area (Å²) in [6, 6.07) is 0.637. The van der Waals surface area contributed by atoms with Crippen LogP contribution in [0.5, 0.6) is 0 Å². The highest BCUT2D eigenvalue weighted by Gasteiger charge is 2.25. The summed E-state index contributed by atoms with van der Waals surface area (Å²) in [6.07, 6.45) is 7.40. The monoisotopic (exact) mass is 226 g/mol. The lowest BCUT2D eigenvalue weighted by Gasteiger charge is -2.36. The smallest absolute Gasteiger partial charge is 0.222 e. The molecule has 0 bridgehead atoms.